The highest BCUT2D eigenvalue weighted by molar-refractivity contribution is 6.26. The first-order chi connectivity index (χ1) is 5.77. The smallest absolute Gasteiger partial charge is 0.101 e. The Bertz CT molecular complexity index is 290. The largest absolute Gasteiger partial charge is 0.269 e. The summed E-state index contributed by atoms with van der Waals surface area (Å²) in [6.07, 6.45) is 0. The molecule has 1 aliphatic heterocycles. The number of anilines is 1. The highest BCUT2D eigenvalue weighted by Gasteiger charge is 2.18. The maximum atomic E-state index is 5.95. The number of fused-ring (bicyclic) bond motifs is 1. The van der Waals surface area contributed by atoms with Crippen LogP contribution in [0.25, 0.3) is 0 Å². The minimum Gasteiger partial charge on any atom is -0.269 e. The van der Waals surface area contributed by atoms with E-state index in [1.807, 2.05) is 24.3 Å². The van der Waals surface area contributed by atoms with E-state index in [2.05, 4.69) is 0 Å². The predicted octanol–water partition coefficient (Wildman–Crippen LogP) is 2.57. The minimum absolute atomic E-state index is 0.556. The molecule has 1 aromatic carbocycles. The summed E-state index contributed by atoms with van der Waals surface area (Å²) in [5, 5.41) is 0. The van der Waals surface area contributed by atoms with Crippen LogP contribution in [0.2, 0.25) is 0 Å². The molecule has 0 saturated carbocycles. The van der Waals surface area contributed by atoms with Crippen molar-refractivity contribution in [3.63, 3.8) is 0 Å². The second-order valence-corrected chi connectivity index (χ2v) is 3.64. The molecule has 0 bridgehead atoms. The summed E-state index contributed by atoms with van der Waals surface area (Å²) < 4.78 is 3.27. The fraction of sp³-hybridized carbons (Fsp3) is 0.250. The maximum absolute atomic E-state index is 5.95. The average molecular weight is 203 g/mol. The van der Waals surface area contributed by atoms with Gasteiger partial charge in [0, 0.05) is 18.3 Å². The van der Waals surface area contributed by atoms with Crippen molar-refractivity contribution >= 4 is 29.2 Å². The maximum Gasteiger partial charge on any atom is 0.101 e. The van der Waals surface area contributed by atoms with Gasteiger partial charge in [-0.15, -0.1) is 0 Å². The van der Waals surface area contributed by atoms with E-state index in [1.165, 1.54) is 0 Å². The van der Waals surface area contributed by atoms with E-state index in [0.29, 0.717) is 6.67 Å². The molecule has 0 amide bonds. The van der Waals surface area contributed by atoms with Gasteiger partial charge >= 0.3 is 0 Å². The van der Waals surface area contributed by atoms with Crippen molar-refractivity contribution in [2.24, 2.45) is 0 Å². The third-order valence-electron chi connectivity index (χ3n) is 1.87. The lowest BCUT2D eigenvalue weighted by molar-refractivity contribution is 0.449. The Morgan fingerprint density at radius 3 is 2.75 bits per heavy atom. The monoisotopic (exact) mass is 202 g/mol. The van der Waals surface area contributed by atoms with Crippen LogP contribution in [0.4, 0.5) is 5.69 Å². The Morgan fingerprint density at radius 2 is 1.92 bits per heavy atom. The van der Waals surface area contributed by atoms with E-state index >= 15 is 0 Å². The molecule has 2 nitrogen and oxygen atoms in total. The minimum atomic E-state index is 0.556. The van der Waals surface area contributed by atoms with E-state index in [-0.39, 0.29) is 0 Å². The van der Waals surface area contributed by atoms with Gasteiger partial charge in [-0.2, -0.15) is 4.42 Å². The summed E-state index contributed by atoms with van der Waals surface area (Å²) in [4.78, 5) is 0. The van der Waals surface area contributed by atoms with Crippen LogP contribution in [-0.4, -0.2) is 11.1 Å². The average Bonchev–Trinajstić information content (AvgIpc) is 2.04. The zero-order valence-corrected chi connectivity index (χ0v) is 7.89. The molecular formula is C8H8Cl2N2. The number of hydrogen-bond acceptors (Lipinski definition) is 2. The Morgan fingerprint density at radius 1 is 1.17 bits per heavy atom. The quantitative estimate of drug-likeness (QED) is 0.598. The van der Waals surface area contributed by atoms with Crippen molar-refractivity contribution in [3.8, 4) is 0 Å². The summed E-state index contributed by atoms with van der Waals surface area (Å²) in [7, 11) is 0. The second kappa shape index (κ2) is 3.13. The number of hydrogen-bond donors (Lipinski definition) is 0. The Balaban J connectivity index is 2.40. The molecular weight excluding hydrogens is 195 g/mol. The third kappa shape index (κ3) is 1.38. The summed E-state index contributed by atoms with van der Waals surface area (Å²) in [5.41, 5.74) is 2.21. The van der Waals surface area contributed by atoms with Gasteiger partial charge in [-0.3, -0.25) is 4.42 Å². The van der Waals surface area contributed by atoms with E-state index in [0.717, 1.165) is 17.8 Å². The number of para-hydroxylation sites is 1. The predicted molar refractivity (Wildman–Crippen MR) is 51.0 cm³/mol. The Hall–Kier alpha value is -0.440. The van der Waals surface area contributed by atoms with Gasteiger partial charge in [0.05, 0.1) is 5.69 Å². The lowest BCUT2D eigenvalue weighted by Crippen LogP contribution is -2.31. The second-order valence-electron chi connectivity index (χ2n) is 2.75. The highest BCUT2D eigenvalue weighted by atomic mass is 35.5. The van der Waals surface area contributed by atoms with Crippen molar-refractivity contribution in [3.05, 3.63) is 29.8 Å². The Labute approximate surface area is 81.5 Å². The standard InChI is InChI=1S/C8H8Cl2N2/c9-11-5-7-3-1-2-4-8(7)12(10)6-11/h1-4H,5-6H2. The first-order valence-corrected chi connectivity index (χ1v) is 4.37. The molecule has 0 saturated heterocycles. The summed E-state index contributed by atoms with van der Waals surface area (Å²) in [6.45, 7) is 1.31. The van der Waals surface area contributed by atoms with E-state index in [9.17, 15) is 0 Å². The molecule has 0 atom stereocenters. The summed E-state index contributed by atoms with van der Waals surface area (Å²) in [6, 6.07) is 7.98. The lowest BCUT2D eigenvalue weighted by atomic mass is 10.1. The molecule has 1 aromatic rings. The Kier molecular flexibility index (Phi) is 2.13. The molecule has 1 heterocycles. The van der Waals surface area contributed by atoms with Crippen molar-refractivity contribution in [1.82, 2.24) is 4.42 Å². The number of rotatable bonds is 0. The van der Waals surface area contributed by atoms with Crippen LogP contribution in [0.5, 0.6) is 0 Å². The molecule has 0 unspecified atom stereocenters. The van der Waals surface area contributed by atoms with Crippen LogP contribution in [0.3, 0.4) is 0 Å². The zero-order valence-electron chi connectivity index (χ0n) is 6.37. The first-order valence-electron chi connectivity index (χ1n) is 3.69. The molecule has 0 aliphatic carbocycles. The van der Waals surface area contributed by atoms with Crippen LogP contribution in [0.15, 0.2) is 24.3 Å². The highest BCUT2D eigenvalue weighted by Crippen LogP contribution is 2.28. The van der Waals surface area contributed by atoms with Gasteiger partial charge in [-0.1, -0.05) is 18.2 Å². The number of nitrogens with zero attached hydrogens (tertiary/aromatic N) is 2. The fourth-order valence-corrected chi connectivity index (χ4v) is 1.91. The molecule has 0 spiro atoms. The molecule has 1 aliphatic rings. The SMILES string of the molecule is ClN1Cc2ccccc2N(Cl)C1. The fourth-order valence-electron chi connectivity index (χ4n) is 1.33. The van der Waals surface area contributed by atoms with Crippen molar-refractivity contribution in [2.75, 3.05) is 11.1 Å². The van der Waals surface area contributed by atoms with E-state index in [1.54, 1.807) is 8.84 Å². The molecule has 0 radical (unpaired) electrons. The van der Waals surface area contributed by atoms with Crippen LogP contribution >= 0.6 is 23.6 Å². The van der Waals surface area contributed by atoms with Gasteiger partial charge < -0.3 is 0 Å². The van der Waals surface area contributed by atoms with Gasteiger partial charge in [0.15, 0.2) is 0 Å². The first kappa shape index (κ1) is 8.17. The zero-order chi connectivity index (χ0) is 8.55. The lowest BCUT2D eigenvalue weighted by Gasteiger charge is -2.29. The molecule has 12 heavy (non-hydrogen) atoms. The normalized spacial score (nSPS) is 17.7. The molecule has 0 N–H and O–H groups in total. The van der Waals surface area contributed by atoms with Crippen LogP contribution in [0, 0.1) is 0 Å². The van der Waals surface area contributed by atoms with Gasteiger partial charge in [-0.05, 0) is 23.4 Å². The van der Waals surface area contributed by atoms with Crippen molar-refractivity contribution in [2.45, 2.75) is 6.54 Å². The number of benzene rings is 1. The molecule has 2 rings (SSSR count). The van der Waals surface area contributed by atoms with E-state index < -0.39 is 0 Å². The van der Waals surface area contributed by atoms with Crippen molar-refractivity contribution < 1.29 is 0 Å². The summed E-state index contributed by atoms with van der Waals surface area (Å²) in [5.74, 6) is 0. The molecule has 0 fully saturated rings. The van der Waals surface area contributed by atoms with Gasteiger partial charge in [-0.25, -0.2) is 0 Å². The molecule has 0 aromatic heterocycles. The topological polar surface area (TPSA) is 6.48 Å². The van der Waals surface area contributed by atoms with Gasteiger partial charge in [0.1, 0.15) is 6.67 Å². The van der Waals surface area contributed by atoms with Gasteiger partial charge in [0.25, 0.3) is 0 Å². The van der Waals surface area contributed by atoms with Gasteiger partial charge in [0.2, 0.25) is 0 Å². The van der Waals surface area contributed by atoms with Crippen molar-refractivity contribution in [1.29, 1.82) is 0 Å². The van der Waals surface area contributed by atoms with Crippen LogP contribution in [0.1, 0.15) is 5.56 Å². The summed E-state index contributed by atoms with van der Waals surface area (Å²) >= 11 is 11.8. The van der Waals surface area contributed by atoms with E-state index in [4.69, 9.17) is 23.6 Å². The molecule has 64 valence electrons. The number of halogens is 2. The van der Waals surface area contributed by atoms with Crippen LogP contribution in [-0.2, 0) is 6.54 Å². The van der Waals surface area contributed by atoms with Crippen LogP contribution < -0.4 is 4.42 Å². The third-order valence-corrected chi connectivity index (χ3v) is 2.39. The molecule has 4 heteroatoms.